The number of aliphatic hydroxyl groups excluding tert-OH is 1. The maximum atomic E-state index is 12.0. The zero-order valence-corrected chi connectivity index (χ0v) is 10.7. The van der Waals surface area contributed by atoms with Crippen LogP contribution in [0.4, 0.5) is 0 Å². The van der Waals surface area contributed by atoms with Gasteiger partial charge in [-0.2, -0.15) is 0 Å². The monoisotopic (exact) mass is 245 g/mol. The summed E-state index contributed by atoms with van der Waals surface area (Å²) in [6.07, 6.45) is 5.34. The van der Waals surface area contributed by atoms with Crippen molar-refractivity contribution in [1.82, 2.24) is 4.90 Å². The molecule has 0 bridgehead atoms. The second kappa shape index (κ2) is 5.83. The van der Waals surface area contributed by atoms with Crippen molar-refractivity contribution in [2.24, 2.45) is 0 Å². The molecule has 3 nitrogen and oxygen atoms in total. The van der Waals surface area contributed by atoms with Gasteiger partial charge in [0.05, 0.1) is 12.6 Å². The van der Waals surface area contributed by atoms with Gasteiger partial charge in [-0.15, -0.1) is 0 Å². The molecule has 1 unspecified atom stereocenters. The number of aliphatic hydroxyl groups is 1. The minimum atomic E-state index is -0.00481. The SMILES string of the molecule is Cc1ccccc1C=CC(=O)N1CCCC1CO. The summed E-state index contributed by atoms with van der Waals surface area (Å²) in [5.74, 6) is -0.00481. The largest absolute Gasteiger partial charge is 0.394 e. The summed E-state index contributed by atoms with van der Waals surface area (Å²) in [5, 5.41) is 9.20. The molecule has 3 heteroatoms. The fourth-order valence-electron chi connectivity index (χ4n) is 2.35. The van der Waals surface area contributed by atoms with Crippen molar-refractivity contribution in [2.45, 2.75) is 25.8 Å². The van der Waals surface area contributed by atoms with E-state index in [2.05, 4.69) is 0 Å². The average molecular weight is 245 g/mol. The predicted octanol–water partition coefficient (Wildman–Crippen LogP) is 1.99. The van der Waals surface area contributed by atoms with E-state index >= 15 is 0 Å². The minimum absolute atomic E-state index is 0.000907. The standard InChI is InChI=1S/C15H19NO2/c1-12-5-2-3-6-13(12)8-9-15(18)16-10-4-7-14(16)11-17/h2-3,5-6,8-9,14,17H,4,7,10-11H2,1H3. The Morgan fingerprint density at radius 2 is 2.28 bits per heavy atom. The van der Waals surface area contributed by atoms with Crippen LogP contribution in [0.3, 0.4) is 0 Å². The molecular weight excluding hydrogens is 226 g/mol. The summed E-state index contributed by atoms with van der Waals surface area (Å²) in [5.41, 5.74) is 2.22. The van der Waals surface area contributed by atoms with Crippen LogP contribution in [0.2, 0.25) is 0 Å². The number of hydrogen-bond acceptors (Lipinski definition) is 2. The van der Waals surface area contributed by atoms with Gasteiger partial charge in [0, 0.05) is 12.6 Å². The second-order valence-corrected chi connectivity index (χ2v) is 4.70. The highest BCUT2D eigenvalue weighted by molar-refractivity contribution is 5.92. The first-order chi connectivity index (χ1) is 8.72. The Labute approximate surface area is 108 Å². The number of likely N-dealkylation sites (tertiary alicyclic amines) is 1. The summed E-state index contributed by atoms with van der Waals surface area (Å²) in [6, 6.07) is 7.96. The summed E-state index contributed by atoms with van der Waals surface area (Å²) in [4.78, 5) is 13.8. The van der Waals surface area contributed by atoms with Gasteiger partial charge in [0.2, 0.25) is 5.91 Å². The van der Waals surface area contributed by atoms with E-state index < -0.39 is 0 Å². The van der Waals surface area contributed by atoms with Gasteiger partial charge >= 0.3 is 0 Å². The van der Waals surface area contributed by atoms with Crippen LogP contribution in [-0.2, 0) is 4.79 Å². The molecule has 1 fully saturated rings. The predicted molar refractivity (Wildman–Crippen MR) is 72.0 cm³/mol. The van der Waals surface area contributed by atoms with Crippen LogP contribution in [0, 0.1) is 6.92 Å². The fourth-order valence-corrected chi connectivity index (χ4v) is 2.35. The van der Waals surface area contributed by atoms with Gasteiger partial charge in [-0.3, -0.25) is 4.79 Å². The lowest BCUT2D eigenvalue weighted by Gasteiger charge is -2.21. The lowest BCUT2D eigenvalue weighted by Crippen LogP contribution is -2.36. The second-order valence-electron chi connectivity index (χ2n) is 4.70. The van der Waals surface area contributed by atoms with E-state index in [0.717, 1.165) is 30.5 Å². The van der Waals surface area contributed by atoms with Crippen molar-refractivity contribution in [2.75, 3.05) is 13.2 Å². The average Bonchev–Trinajstić information content (AvgIpc) is 2.86. The molecule has 0 spiro atoms. The van der Waals surface area contributed by atoms with E-state index in [1.54, 1.807) is 11.0 Å². The Morgan fingerprint density at radius 1 is 1.50 bits per heavy atom. The highest BCUT2D eigenvalue weighted by atomic mass is 16.3. The van der Waals surface area contributed by atoms with Crippen LogP contribution in [0.15, 0.2) is 30.3 Å². The molecule has 0 saturated carbocycles. The summed E-state index contributed by atoms with van der Waals surface area (Å²) >= 11 is 0. The number of aryl methyl sites for hydroxylation is 1. The van der Waals surface area contributed by atoms with Crippen molar-refractivity contribution in [3.8, 4) is 0 Å². The molecule has 1 heterocycles. The van der Waals surface area contributed by atoms with Gasteiger partial charge in [-0.25, -0.2) is 0 Å². The quantitative estimate of drug-likeness (QED) is 0.827. The molecule has 1 aromatic rings. The third-order valence-electron chi connectivity index (χ3n) is 3.46. The lowest BCUT2D eigenvalue weighted by atomic mass is 10.1. The third-order valence-corrected chi connectivity index (χ3v) is 3.46. The Kier molecular flexibility index (Phi) is 4.15. The maximum Gasteiger partial charge on any atom is 0.246 e. The van der Waals surface area contributed by atoms with Crippen molar-refractivity contribution in [3.63, 3.8) is 0 Å². The van der Waals surface area contributed by atoms with Crippen LogP contribution < -0.4 is 0 Å². The topological polar surface area (TPSA) is 40.5 Å². The van der Waals surface area contributed by atoms with Crippen LogP contribution in [0.1, 0.15) is 24.0 Å². The van der Waals surface area contributed by atoms with E-state index in [9.17, 15) is 9.90 Å². The highest BCUT2D eigenvalue weighted by Gasteiger charge is 2.26. The number of amides is 1. The molecule has 1 saturated heterocycles. The smallest absolute Gasteiger partial charge is 0.246 e. The first-order valence-corrected chi connectivity index (χ1v) is 6.37. The molecule has 1 amide bonds. The van der Waals surface area contributed by atoms with Crippen LogP contribution in [0.25, 0.3) is 6.08 Å². The number of benzene rings is 1. The van der Waals surface area contributed by atoms with Gasteiger partial charge in [0.25, 0.3) is 0 Å². The Hall–Kier alpha value is -1.61. The highest BCUT2D eigenvalue weighted by Crippen LogP contribution is 2.17. The first-order valence-electron chi connectivity index (χ1n) is 6.37. The molecule has 18 heavy (non-hydrogen) atoms. The van der Waals surface area contributed by atoms with Gasteiger partial charge < -0.3 is 10.0 Å². The first kappa shape index (κ1) is 12.8. The summed E-state index contributed by atoms with van der Waals surface area (Å²) < 4.78 is 0. The molecular formula is C15H19NO2. The number of hydrogen-bond donors (Lipinski definition) is 1. The molecule has 0 aliphatic carbocycles. The third kappa shape index (κ3) is 2.79. The zero-order chi connectivity index (χ0) is 13.0. The minimum Gasteiger partial charge on any atom is -0.394 e. The van der Waals surface area contributed by atoms with Gasteiger partial charge in [-0.1, -0.05) is 24.3 Å². The van der Waals surface area contributed by atoms with E-state index in [1.165, 1.54) is 0 Å². The molecule has 96 valence electrons. The molecule has 0 radical (unpaired) electrons. The van der Waals surface area contributed by atoms with E-state index in [0.29, 0.717) is 0 Å². The number of nitrogens with zero attached hydrogens (tertiary/aromatic N) is 1. The van der Waals surface area contributed by atoms with E-state index in [1.807, 2.05) is 37.3 Å². The fraction of sp³-hybridized carbons (Fsp3) is 0.400. The molecule has 1 aliphatic heterocycles. The maximum absolute atomic E-state index is 12.0. The Balaban J connectivity index is 2.05. The van der Waals surface area contributed by atoms with Gasteiger partial charge in [0.1, 0.15) is 0 Å². The molecule has 1 aliphatic rings. The number of carbonyl (C=O) groups excluding carboxylic acids is 1. The van der Waals surface area contributed by atoms with Crippen molar-refractivity contribution in [3.05, 3.63) is 41.5 Å². The normalized spacial score (nSPS) is 19.7. The lowest BCUT2D eigenvalue weighted by molar-refractivity contribution is -0.127. The molecule has 1 N–H and O–H groups in total. The van der Waals surface area contributed by atoms with E-state index in [-0.39, 0.29) is 18.6 Å². The van der Waals surface area contributed by atoms with Crippen LogP contribution in [-0.4, -0.2) is 35.1 Å². The van der Waals surface area contributed by atoms with Crippen LogP contribution in [0.5, 0.6) is 0 Å². The van der Waals surface area contributed by atoms with Crippen LogP contribution >= 0.6 is 0 Å². The molecule has 0 aromatic heterocycles. The number of rotatable bonds is 3. The molecule has 2 rings (SSSR count). The Morgan fingerprint density at radius 3 is 3.00 bits per heavy atom. The molecule has 1 atom stereocenters. The van der Waals surface area contributed by atoms with Crippen molar-refractivity contribution in [1.29, 1.82) is 0 Å². The van der Waals surface area contributed by atoms with E-state index in [4.69, 9.17) is 0 Å². The Bertz CT molecular complexity index is 454. The summed E-state index contributed by atoms with van der Waals surface area (Å²) in [7, 11) is 0. The van der Waals surface area contributed by atoms with Crippen molar-refractivity contribution >= 4 is 12.0 Å². The summed E-state index contributed by atoms with van der Waals surface area (Å²) in [6.45, 7) is 2.84. The molecule has 1 aromatic carbocycles. The van der Waals surface area contributed by atoms with Gasteiger partial charge in [-0.05, 0) is 37.0 Å². The van der Waals surface area contributed by atoms with Gasteiger partial charge in [0.15, 0.2) is 0 Å². The van der Waals surface area contributed by atoms with Crippen molar-refractivity contribution < 1.29 is 9.90 Å². The number of carbonyl (C=O) groups is 1. The zero-order valence-electron chi connectivity index (χ0n) is 10.7.